The van der Waals surface area contributed by atoms with Gasteiger partial charge in [0.2, 0.25) is 5.91 Å². The number of rotatable bonds is 8. The Kier molecular flexibility index (Phi) is 6.66. The lowest BCUT2D eigenvalue weighted by Gasteiger charge is -2.20. The number of carbonyl (C=O) groups excluding carboxylic acids is 1. The van der Waals surface area contributed by atoms with E-state index >= 15 is 0 Å². The molecule has 1 N–H and O–H groups in total. The first kappa shape index (κ1) is 21.3. The standard InChI is InChI=1S/C22H24FN3O4/c1-4-26(21(27)10-9-14-7-5-6-8-16(14)23)13-20-24-17-12-19(30-3)18(29-2)11-15(17)22(28)25-20/h5-8,11-12H,4,9-10,13H2,1-3H3,(H,24,25,28). The molecule has 0 aliphatic carbocycles. The van der Waals surface area contributed by atoms with Crippen molar-refractivity contribution in [1.29, 1.82) is 0 Å². The van der Waals surface area contributed by atoms with Gasteiger partial charge >= 0.3 is 0 Å². The largest absolute Gasteiger partial charge is 0.493 e. The predicted octanol–water partition coefficient (Wildman–Crippen LogP) is 3.06. The van der Waals surface area contributed by atoms with E-state index in [-0.39, 0.29) is 30.2 Å². The Morgan fingerprint density at radius 1 is 1.17 bits per heavy atom. The molecule has 0 unspecified atom stereocenters. The maximum atomic E-state index is 13.8. The van der Waals surface area contributed by atoms with Crippen LogP contribution in [0.2, 0.25) is 0 Å². The average Bonchev–Trinajstić information content (AvgIpc) is 2.75. The number of amides is 1. The van der Waals surface area contributed by atoms with Gasteiger partial charge in [-0.2, -0.15) is 0 Å². The fourth-order valence-corrected chi connectivity index (χ4v) is 3.25. The molecule has 0 atom stereocenters. The Morgan fingerprint density at radius 2 is 1.87 bits per heavy atom. The first-order valence-electron chi connectivity index (χ1n) is 9.63. The van der Waals surface area contributed by atoms with Gasteiger partial charge in [0.05, 0.1) is 31.7 Å². The lowest BCUT2D eigenvalue weighted by atomic mass is 10.1. The number of hydrogen-bond acceptors (Lipinski definition) is 5. The Morgan fingerprint density at radius 3 is 2.53 bits per heavy atom. The van der Waals surface area contributed by atoms with Gasteiger partial charge in [-0.15, -0.1) is 0 Å². The van der Waals surface area contributed by atoms with Gasteiger partial charge in [0, 0.05) is 19.0 Å². The van der Waals surface area contributed by atoms with Crippen molar-refractivity contribution in [2.24, 2.45) is 0 Å². The van der Waals surface area contributed by atoms with E-state index in [9.17, 15) is 14.0 Å². The molecule has 8 heteroatoms. The molecule has 3 aromatic rings. The van der Waals surface area contributed by atoms with Gasteiger partial charge in [-0.3, -0.25) is 9.59 Å². The zero-order valence-corrected chi connectivity index (χ0v) is 17.2. The molecule has 158 valence electrons. The lowest BCUT2D eigenvalue weighted by Crippen LogP contribution is -2.32. The number of methoxy groups -OCH3 is 2. The van der Waals surface area contributed by atoms with E-state index in [0.29, 0.717) is 46.8 Å². The predicted molar refractivity (Wildman–Crippen MR) is 111 cm³/mol. The number of H-pyrrole nitrogens is 1. The number of hydrogen-bond donors (Lipinski definition) is 1. The van der Waals surface area contributed by atoms with Crippen LogP contribution in [0.5, 0.6) is 11.5 Å². The molecule has 0 aliphatic heterocycles. The minimum atomic E-state index is -0.328. The van der Waals surface area contributed by atoms with Crippen LogP contribution in [0.25, 0.3) is 10.9 Å². The van der Waals surface area contributed by atoms with E-state index < -0.39 is 0 Å². The highest BCUT2D eigenvalue weighted by atomic mass is 19.1. The van der Waals surface area contributed by atoms with Crippen molar-refractivity contribution in [1.82, 2.24) is 14.9 Å². The quantitative estimate of drug-likeness (QED) is 0.614. The molecule has 2 aromatic carbocycles. The van der Waals surface area contributed by atoms with Gasteiger partial charge in [-0.05, 0) is 31.0 Å². The number of aromatic nitrogens is 2. The molecule has 7 nitrogen and oxygen atoms in total. The number of fused-ring (bicyclic) bond motifs is 1. The highest BCUT2D eigenvalue weighted by Crippen LogP contribution is 2.30. The van der Waals surface area contributed by atoms with Crippen LogP contribution in [-0.2, 0) is 17.8 Å². The maximum Gasteiger partial charge on any atom is 0.258 e. The summed E-state index contributed by atoms with van der Waals surface area (Å²) in [7, 11) is 3.00. The molecule has 0 bridgehead atoms. The van der Waals surface area contributed by atoms with Crippen molar-refractivity contribution in [3.63, 3.8) is 0 Å². The SMILES string of the molecule is CCN(Cc1nc2cc(OC)c(OC)cc2c(=O)[nH]1)C(=O)CCc1ccccc1F. The Balaban J connectivity index is 1.79. The third-order valence-corrected chi connectivity index (χ3v) is 4.90. The van der Waals surface area contributed by atoms with Crippen LogP contribution in [0.15, 0.2) is 41.2 Å². The van der Waals surface area contributed by atoms with Crippen molar-refractivity contribution in [3.05, 3.63) is 64.0 Å². The van der Waals surface area contributed by atoms with E-state index in [4.69, 9.17) is 9.47 Å². The lowest BCUT2D eigenvalue weighted by molar-refractivity contribution is -0.131. The van der Waals surface area contributed by atoms with Crippen molar-refractivity contribution < 1.29 is 18.7 Å². The number of nitrogens with one attached hydrogen (secondary N) is 1. The second-order valence-corrected chi connectivity index (χ2v) is 6.74. The number of aryl methyl sites for hydroxylation is 1. The van der Waals surface area contributed by atoms with Crippen LogP contribution < -0.4 is 15.0 Å². The number of ether oxygens (including phenoxy) is 2. The van der Waals surface area contributed by atoms with Crippen molar-refractivity contribution in [2.45, 2.75) is 26.3 Å². The smallest absolute Gasteiger partial charge is 0.258 e. The molecule has 1 heterocycles. The average molecular weight is 413 g/mol. The molecule has 0 fully saturated rings. The third kappa shape index (κ3) is 4.59. The summed E-state index contributed by atoms with van der Waals surface area (Å²) in [5, 5.41) is 0.366. The Hall–Kier alpha value is -3.42. The van der Waals surface area contributed by atoms with Crippen LogP contribution >= 0.6 is 0 Å². The van der Waals surface area contributed by atoms with E-state index in [1.54, 1.807) is 35.2 Å². The van der Waals surface area contributed by atoms with E-state index in [1.807, 2.05) is 6.92 Å². The molecular formula is C22H24FN3O4. The molecule has 0 radical (unpaired) electrons. The van der Waals surface area contributed by atoms with Crippen molar-refractivity contribution >= 4 is 16.8 Å². The summed E-state index contributed by atoms with van der Waals surface area (Å²) in [6.45, 7) is 2.42. The zero-order chi connectivity index (χ0) is 21.7. The maximum absolute atomic E-state index is 13.8. The topological polar surface area (TPSA) is 84.5 Å². The first-order valence-corrected chi connectivity index (χ1v) is 9.63. The highest BCUT2D eigenvalue weighted by molar-refractivity contribution is 5.82. The van der Waals surface area contributed by atoms with E-state index in [2.05, 4.69) is 9.97 Å². The first-order chi connectivity index (χ1) is 14.5. The fourth-order valence-electron chi connectivity index (χ4n) is 3.25. The summed E-state index contributed by atoms with van der Waals surface area (Å²) >= 11 is 0. The van der Waals surface area contributed by atoms with Gasteiger partial charge < -0.3 is 19.4 Å². The second kappa shape index (κ2) is 9.39. The molecule has 30 heavy (non-hydrogen) atoms. The third-order valence-electron chi connectivity index (χ3n) is 4.90. The van der Waals surface area contributed by atoms with Crippen LogP contribution in [0.4, 0.5) is 4.39 Å². The zero-order valence-electron chi connectivity index (χ0n) is 17.2. The molecular weight excluding hydrogens is 389 g/mol. The summed E-state index contributed by atoms with van der Waals surface area (Å²) in [5.41, 5.74) is 0.618. The molecule has 0 aliphatic rings. The summed E-state index contributed by atoms with van der Waals surface area (Å²) < 4.78 is 24.3. The Labute approximate surface area is 173 Å². The number of halogens is 1. The minimum Gasteiger partial charge on any atom is -0.493 e. The summed E-state index contributed by atoms with van der Waals surface area (Å²) in [4.78, 5) is 33.9. The van der Waals surface area contributed by atoms with Gasteiger partial charge in [0.15, 0.2) is 11.5 Å². The van der Waals surface area contributed by atoms with Gasteiger partial charge in [-0.1, -0.05) is 18.2 Å². The van der Waals surface area contributed by atoms with Crippen LogP contribution in [0.3, 0.4) is 0 Å². The van der Waals surface area contributed by atoms with Crippen LogP contribution in [0.1, 0.15) is 24.7 Å². The molecule has 1 aromatic heterocycles. The number of carbonyl (C=O) groups is 1. The van der Waals surface area contributed by atoms with E-state index in [1.165, 1.54) is 20.3 Å². The molecule has 3 rings (SSSR count). The van der Waals surface area contributed by atoms with E-state index in [0.717, 1.165) is 0 Å². The Bertz CT molecular complexity index is 1110. The summed E-state index contributed by atoms with van der Waals surface area (Å²) in [6.07, 6.45) is 0.471. The van der Waals surface area contributed by atoms with Crippen molar-refractivity contribution in [2.75, 3.05) is 20.8 Å². The molecule has 0 saturated carbocycles. The van der Waals surface area contributed by atoms with Crippen LogP contribution in [-0.4, -0.2) is 41.5 Å². The van der Waals surface area contributed by atoms with Crippen LogP contribution in [0, 0.1) is 5.82 Å². The number of nitrogens with zero attached hydrogens (tertiary/aromatic N) is 2. The molecule has 0 spiro atoms. The normalized spacial score (nSPS) is 10.8. The fraction of sp³-hybridized carbons (Fsp3) is 0.318. The second-order valence-electron chi connectivity index (χ2n) is 6.74. The summed E-state index contributed by atoms with van der Waals surface area (Å²) in [6, 6.07) is 9.61. The summed E-state index contributed by atoms with van der Waals surface area (Å²) in [5.74, 6) is 0.792. The van der Waals surface area contributed by atoms with Crippen molar-refractivity contribution in [3.8, 4) is 11.5 Å². The highest BCUT2D eigenvalue weighted by Gasteiger charge is 2.16. The minimum absolute atomic E-state index is 0.143. The van der Waals surface area contributed by atoms with Gasteiger partial charge in [0.1, 0.15) is 11.6 Å². The number of benzene rings is 2. The van der Waals surface area contributed by atoms with Gasteiger partial charge in [0.25, 0.3) is 5.56 Å². The monoisotopic (exact) mass is 413 g/mol. The molecule has 0 saturated heterocycles. The van der Waals surface area contributed by atoms with Gasteiger partial charge in [-0.25, -0.2) is 9.37 Å². The number of aromatic amines is 1. The molecule has 1 amide bonds.